The predicted molar refractivity (Wildman–Crippen MR) is 63.9 cm³/mol. The molecule has 1 N–H and O–H groups in total. The average Bonchev–Trinajstić information content (AvgIpc) is 2.16. The number of likely N-dealkylation sites (N-methyl/N-ethyl adjacent to an activating group) is 1. The SMILES string of the molecule is C=C(C)CC(NCC)C(OCC)OCC. The van der Waals surface area contributed by atoms with Crippen LogP contribution in [0.1, 0.15) is 34.1 Å². The maximum atomic E-state index is 5.57. The molecule has 0 aromatic carbocycles. The number of hydrogen-bond acceptors (Lipinski definition) is 3. The molecule has 0 aromatic rings. The molecular weight excluding hydrogens is 190 g/mol. The van der Waals surface area contributed by atoms with E-state index in [0.29, 0.717) is 13.2 Å². The minimum atomic E-state index is -0.170. The summed E-state index contributed by atoms with van der Waals surface area (Å²) in [6.07, 6.45) is 0.718. The first-order valence-corrected chi connectivity index (χ1v) is 5.76. The van der Waals surface area contributed by atoms with Crippen molar-refractivity contribution in [3.05, 3.63) is 12.2 Å². The smallest absolute Gasteiger partial charge is 0.172 e. The summed E-state index contributed by atoms with van der Waals surface area (Å²) < 4.78 is 11.1. The highest BCUT2D eigenvalue weighted by atomic mass is 16.7. The van der Waals surface area contributed by atoms with Crippen LogP contribution in [0.3, 0.4) is 0 Å². The highest BCUT2D eigenvalue weighted by Crippen LogP contribution is 2.10. The van der Waals surface area contributed by atoms with E-state index in [1.807, 2.05) is 20.8 Å². The molecule has 0 bridgehead atoms. The molecule has 15 heavy (non-hydrogen) atoms. The Hall–Kier alpha value is -0.380. The van der Waals surface area contributed by atoms with Crippen molar-refractivity contribution in [1.29, 1.82) is 0 Å². The molecule has 0 aliphatic heterocycles. The molecule has 3 heteroatoms. The van der Waals surface area contributed by atoms with Crippen LogP contribution >= 0.6 is 0 Å². The Bertz CT molecular complexity index is 165. The molecule has 0 heterocycles. The average molecular weight is 215 g/mol. The summed E-state index contributed by atoms with van der Waals surface area (Å²) in [4.78, 5) is 0. The van der Waals surface area contributed by atoms with Crippen LogP contribution in [0.2, 0.25) is 0 Å². The molecule has 3 nitrogen and oxygen atoms in total. The van der Waals surface area contributed by atoms with E-state index in [0.717, 1.165) is 18.5 Å². The van der Waals surface area contributed by atoms with Gasteiger partial charge in [-0.25, -0.2) is 0 Å². The Morgan fingerprint density at radius 1 is 1.20 bits per heavy atom. The van der Waals surface area contributed by atoms with Crippen LogP contribution < -0.4 is 5.32 Å². The van der Waals surface area contributed by atoms with E-state index in [1.54, 1.807) is 0 Å². The van der Waals surface area contributed by atoms with Crippen molar-refractivity contribution in [1.82, 2.24) is 5.32 Å². The van der Waals surface area contributed by atoms with E-state index in [2.05, 4.69) is 18.8 Å². The molecule has 0 amide bonds. The van der Waals surface area contributed by atoms with Crippen molar-refractivity contribution in [3.8, 4) is 0 Å². The summed E-state index contributed by atoms with van der Waals surface area (Å²) in [5.41, 5.74) is 1.14. The lowest BCUT2D eigenvalue weighted by atomic mass is 10.1. The van der Waals surface area contributed by atoms with Gasteiger partial charge in [-0.3, -0.25) is 0 Å². The molecule has 0 saturated carbocycles. The molecule has 0 aliphatic carbocycles. The summed E-state index contributed by atoms with van der Waals surface area (Å²) in [6.45, 7) is 14.3. The molecule has 1 unspecified atom stereocenters. The molecule has 0 radical (unpaired) electrons. The van der Waals surface area contributed by atoms with Gasteiger partial charge >= 0.3 is 0 Å². The van der Waals surface area contributed by atoms with Gasteiger partial charge in [0.15, 0.2) is 6.29 Å². The Morgan fingerprint density at radius 3 is 2.07 bits per heavy atom. The lowest BCUT2D eigenvalue weighted by Gasteiger charge is -2.27. The number of hydrogen-bond donors (Lipinski definition) is 1. The lowest BCUT2D eigenvalue weighted by molar-refractivity contribution is -0.153. The second kappa shape index (κ2) is 8.89. The molecule has 90 valence electrons. The minimum absolute atomic E-state index is 0.170. The molecule has 0 spiro atoms. The molecule has 0 fully saturated rings. The zero-order chi connectivity index (χ0) is 11.7. The summed E-state index contributed by atoms with van der Waals surface area (Å²) in [6, 6.07) is 0.201. The third kappa shape index (κ3) is 6.66. The van der Waals surface area contributed by atoms with Crippen LogP contribution in [0.15, 0.2) is 12.2 Å². The van der Waals surface area contributed by atoms with Gasteiger partial charge in [0.2, 0.25) is 0 Å². The summed E-state index contributed by atoms with van der Waals surface area (Å²) in [5.74, 6) is 0. The lowest BCUT2D eigenvalue weighted by Crippen LogP contribution is -2.43. The van der Waals surface area contributed by atoms with Gasteiger partial charge in [-0.2, -0.15) is 0 Å². The highest BCUT2D eigenvalue weighted by molar-refractivity contribution is 4.94. The first kappa shape index (κ1) is 14.6. The Kier molecular flexibility index (Phi) is 8.67. The Morgan fingerprint density at radius 2 is 1.73 bits per heavy atom. The molecule has 0 saturated heterocycles. The summed E-state index contributed by atoms with van der Waals surface area (Å²) >= 11 is 0. The monoisotopic (exact) mass is 215 g/mol. The van der Waals surface area contributed by atoms with Crippen LogP contribution in [0.4, 0.5) is 0 Å². The van der Waals surface area contributed by atoms with Crippen LogP contribution in [-0.4, -0.2) is 32.1 Å². The van der Waals surface area contributed by atoms with Crippen LogP contribution in [-0.2, 0) is 9.47 Å². The normalized spacial score (nSPS) is 13.1. The maximum absolute atomic E-state index is 5.57. The van der Waals surface area contributed by atoms with E-state index in [1.165, 1.54) is 0 Å². The van der Waals surface area contributed by atoms with E-state index < -0.39 is 0 Å². The molecule has 1 atom stereocenters. The van der Waals surface area contributed by atoms with E-state index in [-0.39, 0.29) is 12.3 Å². The predicted octanol–water partition coefficient (Wildman–Crippen LogP) is 2.33. The number of rotatable bonds is 9. The van der Waals surface area contributed by atoms with Gasteiger partial charge in [0.25, 0.3) is 0 Å². The van der Waals surface area contributed by atoms with Gasteiger partial charge in [-0.05, 0) is 33.7 Å². The van der Waals surface area contributed by atoms with Gasteiger partial charge < -0.3 is 14.8 Å². The van der Waals surface area contributed by atoms with Crippen molar-refractivity contribution in [2.75, 3.05) is 19.8 Å². The standard InChI is InChI=1S/C12H25NO2/c1-6-13-11(9-10(4)5)12(14-7-2)15-8-3/h11-13H,4,6-9H2,1-3,5H3. The topological polar surface area (TPSA) is 30.5 Å². The molecule has 0 aromatic heterocycles. The second-order valence-corrected chi connectivity index (χ2v) is 3.60. The summed E-state index contributed by atoms with van der Waals surface area (Å²) in [7, 11) is 0. The van der Waals surface area contributed by atoms with Gasteiger partial charge in [-0.1, -0.05) is 12.5 Å². The van der Waals surface area contributed by atoms with Crippen molar-refractivity contribution in [2.45, 2.75) is 46.4 Å². The minimum Gasteiger partial charge on any atom is -0.351 e. The second-order valence-electron chi connectivity index (χ2n) is 3.60. The van der Waals surface area contributed by atoms with Crippen molar-refractivity contribution < 1.29 is 9.47 Å². The number of ether oxygens (including phenoxy) is 2. The van der Waals surface area contributed by atoms with Crippen LogP contribution in [0.5, 0.6) is 0 Å². The highest BCUT2D eigenvalue weighted by Gasteiger charge is 2.21. The van der Waals surface area contributed by atoms with Crippen LogP contribution in [0, 0.1) is 0 Å². The zero-order valence-corrected chi connectivity index (χ0v) is 10.5. The summed E-state index contributed by atoms with van der Waals surface area (Å²) in [5, 5.41) is 3.37. The quantitative estimate of drug-likeness (QED) is 0.473. The third-order valence-corrected chi connectivity index (χ3v) is 2.03. The molecule has 0 rings (SSSR count). The van der Waals surface area contributed by atoms with Gasteiger partial charge in [0, 0.05) is 13.2 Å². The number of nitrogens with one attached hydrogen (secondary N) is 1. The maximum Gasteiger partial charge on any atom is 0.172 e. The molecular formula is C12H25NO2. The van der Waals surface area contributed by atoms with Crippen molar-refractivity contribution >= 4 is 0 Å². The Balaban J connectivity index is 4.28. The zero-order valence-electron chi connectivity index (χ0n) is 10.5. The van der Waals surface area contributed by atoms with E-state index in [4.69, 9.17) is 9.47 Å². The fourth-order valence-corrected chi connectivity index (χ4v) is 1.51. The largest absolute Gasteiger partial charge is 0.351 e. The third-order valence-electron chi connectivity index (χ3n) is 2.03. The van der Waals surface area contributed by atoms with Gasteiger partial charge in [0.05, 0.1) is 6.04 Å². The van der Waals surface area contributed by atoms with Gasteiger partial charge in [0.1, 0.15) is 0 Å². The fourth-order valence-electron chi connectivity index (χ4n) is 1.51. The first-order valence-electron chi connectivity index (χ1n) is 5.76. The van der Waals surface area contributed by atoms with E-state index >= 15 is 0 Å². The first-order chi connectivity index (χ1) is 7.15. The van der Waals surface area contributed by atoms with E-state index in [9.17, 15) is 0 Å². The van der Waals surface area contributed by atoms with Crippen molar-refractivity contribution in [3.63, 3.8) is 0 Å². The van der Waals surface area contributed by atoms with Gasteiger partial charge in [-0.15, -0.1) is 6.58 Å². The van der Waals surface area contributed by atoms with Crippen molar-refractivity contribution in [2.24, 2.45) is 0 Å². The molecule has 0 aliphatic rings. The fraction of sp³-hybridized carbons (Fsp3) is 0.833. The van der Waals surface area contributed by atoms with Crippen LogP contribution in [0.25, 0.3) is 0 Å². The Labute approximate surface area is 93.8 Å².